The van der Waals surface area contributed by atoms with E-state index in [9.17, 15) is 0 Å². The minimum atomic E-state index is -0.262. The summed E-state index contributed by atoms with van der Waals surface area (Å²) < 4.78 is 34.4. The zero-order valence-corrected chi connectivity index (χ0v) is 38.9. The van der Waals surface area contributed by atoms with Crippen molar-refractivity contribution in [1.29, 1.82) is 0 Å². The molecule has 0 saturated heterocycles. The van der Waals surface area contributed by atoms with Crippen molar-refractivity contribution in [3.63, 3.8) is 0 Å². The highest BCUT2D eigenvalue weighted by Gasteiger charge is 2.44. The summed E-state index contributed by atoms with van der Waals surface area (Å²) in [6, 6.07) is 33.1. The molecule has 2 aliphatic carbocycles. The van der Waals surface area contributed by atoms with Crippen LogP contribution < -0.4 is 0 Å². The Kier molecular flexibility index (Phi) is 20.0. The fourth-order valence-electron chi connectivity index (χ4n) is 10.4. The van der Waals surface area contributed by atoms with E-state index in [1.54, 1.807) is 25.3 Å². The van der Waals surface area contributed by atoms with Crippen LogP contribution in [-0.4, -0.2) is 80.3 Å². The monoisotopic (exact) mass is 847 g/mol. The van der Waals surface area contributed by atoms with Crippen LogP contribution in [0.5, 0.6) is 0 Å². The SMILES string of the molecule is CCCCCCCCC1(CCCCCCCC)c2ccccc2-c2ccc(-c3ccc4c(c3)C(CCOCCOCCOC)(CCOCCOCCOC)c3ccccc3-4)cc21. The molecular formula is C56H78O6. The van der Waals surface area contributed by atoms with Gasteiger partial charge in [-0.25, -0.2) is 0 Å². The van der Waals surface area contributed by atoms with Crippen molar-refractivity contribution in [2.45, 2.75) is 127 Å². The second-order valence-electron chi connectivity index (χ2n) is 17.7. The molecule has 0 bridgehead atoms. The van der Waals surface area contributed by atoms with Crippen LogP contribution in [0.25, 0.3) is 33.4 Å². The molecule has 0 heterocycles. The molecule has 0 fully saturated rings. The molecule has 4 aromatic carbocycles. The first-order valence-electron chi connectivity index (χ1n) is 24.4. The Morgan fingerprint density at radius 1 is 0.339 bits per heavy atom. The summed E-state index contributed by atoms with van der Waals surface area (Å²) in [5.74, 6) is 0. The Morgan fingerprint density at radius 2 is 0.694 bits per heavy atom. The van der Waals surface area contributed by atoms with Crippen molar-refractivity contribution in [2.24, 2.45) is 0 Å². The molecular weight excluding hydrogens is 769 g/mol. The number of unbranched alkanes of at least 4 members (excludes halogenated alkanes) is 10. The average molecular weight is 847 g/mol. The standard InChI is InChI=1S/C56H78O6/c1-5-7-9-11-13-19-29-55(30-20-14-12-10-8-6-2)51-23-17-15-21-47(51)49-27-25-45(43-53(49)55)46-26-28-50-48-22-16-18-24-52(48)56(54(50)44-46,31-33-59-39-41-61-37-35-57-3)32-34-60-40-42-62-38-36-58-4/h15-18,21-28,43-44H,5-14,19-20,29-42H2,1-4H3. The van der Waals surface area contributed by atoms with Gasteiger partial charge in [-0.1, -0.05) is 164 Å². The Hall–Kier alpha value is -3.36. The Labute approximate surface area is 375 Å². The second kappa shape index (κ2) is 25.8. The lowest BCUT2D eigenvalue weighted by atomic mass is 9.70. The van der Waals surface area contributed by atoms with Gasteiger partial charge in [-0.3, -0.25) is 0 Å². The predicted octanol–water partition coefficient (Wildman–Crippen LogP) is 13.5. The molecule has 0 spiro atoms. The molecule has 62 heavy (non-hydrogen) atoms. The predicted molar refractivity (Wildman–Crippen MR) is 257 cm³/mol. The Balaban J connectivity index is 1.32. The molecule has 0 aliphatic heterocycles. The smallest absolute Gasteiger partial charge is 0.0701 e. The summed E-state index contributed by atoms with van der Waals surface area (Å²) in [5.41, 5.74) is 13.8. The van der Waals surface area contributed by atoms with Gasteiger partial charge in [0.1, 0.15) is 0 Å². The molecule has 0 saturated carbocycles. The molecule has 0 aromatic heterocycles. The first kappa shape index (κ1) is 48.1. The fourth-order valence-corrected chi connectivity index (χ4v) is 10.4. The zero-order valence-electron chi connectivity index (χ0n) is 38.9. The normalized spacial score (nSPS) is 14.2. The van der Waals surface area contributed by atoms with E-state index in [0.717, 1.165) is 12.8 Å². The highest BCUT2D eigenvalue weighted by atomic mass is 16.5. The molecule has 0 unspecified atom stereocenters. The van der Waals surface area contributed by atoms with Crippen LogP contribution in [0.1, 0.15) is 139 Å². The van der Waals surface area contributed by atoms with E-state index in [-0.39, 0.29) is 10.8 Å². The van der Waals surface area contributed by atoms with Crippen molar-refractivity contribution in [3.05, 3.63) is 107 Å². The highest BCUT2D eigenvalue weighted by Crippen LogP contribution is 2.56. The van der Waals surface area contributed by atoms with Gasteiger partial charge in [0, 0.05) is 38.3 Å². The van der Waals surface area contributed by atoms with Crippen molar-refractivity contribution in [3.8, 4) is 33.4 Å². The van der Waals surface area contributed by atoms with Crippen LogP contribution in [0.15, 0.2) is 84.9 Å². The number of hydrogen-bond acceptors (Lipinski definition) is 6. The third-order valence-electron chi connectivity index (χ3n) is 13.7. The van der Waals surface area contributed by atoms with Gasteiger partial charge < -0.3 is 28.4 Å². The maximum atomic E-state index is 6.31. The van der Waals surface area contributed by atoms with Gasteiger partial charge in [0.05, 0.1) is 52.9 Å². The second-order valence-corrected chi connectivity index (χ2v) is 17.7. The number of hydrogen-bond donors (Lipinski definition) is 0. The summed E-state index contributed by atoms with van der Waals surface area (Å²) in [7, 11) is 3.40. The van der Waals surface area contributed by atoms with Crippen molar-refractivity contribution in [2.75, 3.05) is 80.3 Å². The van der Waals surface area contributed by atoms with Gasteiger partial charge in [0.2, 0.25) is 0 Å². The van der Waals surface area contributed by atoms with Crippen molar-refractivity contribution in [1.82, 2.24) is 0 Å². The van der Waals surface area contributed by atoms with E-state index < -0.39 is 0 Å². The number of methoxy groups -OCH3 is 2. The summed E-state index contributed by atoms with van der Waals surface area (Å²) in [5, 5.41) is 0. The maximum absolute atomic E-state index is 6.31. The van der Waals surface area contributed by atoms with Gasteiger partial charge in [0.25, 0.3) is 0 Å². The van der Waals surface area contributed by atoms with Gasteiger partial charge in [-0.2, -0.15) is 0 Å². The topological polar surface area (TPSA) is 55.4 Å². The molecule has 4 aromatic rings. The minimum absolute atomic E-state index is 0.0450. The van der Waals surface area contributed by atoms with Crippen LogP contribution >= 0.6 is 0 Å². The summed E-state index contributed by atoms with van der Waals surface area (Å²) in [6.07, 6.45) is 20.0. The highest BCUT2D eigenvalue weighted by molar-refractivity contribution is 5.87. The van der Waals surface area contributed by atoms with Crippen LogP contribution in [0, 0.1) is 0 Å². The molecule has 6 heteroatoms. The van der Waals surface area contributed by atoms with E-state index in [1.165, 1.54) is 134 Å². The Bertz CT molecular complexity index is 1870. The molecule has 0 N–H and O–H groups in total. The van der Waals surface area contributed by atoms with E-state index in [0.29, 0.717) is 66.1 Å². The van der Waals surface area contributed by atoms with E-state index in [2.05, 4.69) is 98.8 Å². The van der Waals surface area contributed by atoms with Crippen molar-refractivity contribution >= 4 is 0 Å². The van der Waals surface area contributed by atoms with Gasteiger partial charge >= 0.3 is 0 Å². The van der Waals surface area contributed by atoms with E-state index in [1.807, 2.05) is 0 Å². The Morgan fingerprint density at radius 3 is 1.13 bits per heavy atom. The molecule has 0 atom stereocenters. The summed E-state index contributed by atoms with van der Waals surface area (Å²) in [4.78, 5) is 0. The lowest BCUT2D eigenvalue weighted by Crippen LogP contribution is -2.30. The maximum Gasteiger partial charge on any atom is 0.0701 e. The van der Waals surface area contributed by atoms with Crippen LogP contribution in [0.3, 0.4) is 0 Å². The van der Waals surface area contributed by atoms with Gasteiger partial charge in [0.15, 0.2) is 0 Å². The molecule has 2 aliphatic rings. The summed E-state index contributed by atoms with van der Waals surface area (Å²) in [6.45, 7) is 10.4. The van der Waals surface area contributed by atoms with Crippen LogP contribution in [0.4, 0.5) is 0 Å². The van der Waals surface area contributed by atoms with E-state index >= 15 is 0 Å². The molecule has 0 radical (unpaired) electrons. The average Bonchev–Trinajstić information content (AvgIpc) is 3.74. The minimum Gasteiger partial charge on any atom is -0.382 e. The fraction of sp³-hybridized carbons (Fsp3) is 0.571. The first-order chi connectivity index (χ1) is 30.6. The third-order valence-corrected chi connectivity index (χ3v) is 13.7. The van der Waals surface area contributed by atoms with Crippen LogP contribution in [-0.2, 0) is 39.3 Å². The van der Waals surface area contributed by atoms with Gasteiger partial charge in [-0.05, 0) is 93.5 Å². The molecule has 6 nitrogen and oxygen atoms in total. The largest absolute Gasteiger partial charge is 0.382 e. The molecule has 6 rings (SSSR count). The number of fused-ring (bicyclic) bond motifs is 6. The quantitative estimate of drug-likeness (QED) is 0.0445. The lowest BCUT2D eigenvalue weighted by Gasteiger charge is -2.33. The third kappa shape index (κ3) is 12.0. The molecule has 338 valence electrons. The summed E-state index contributed by atoms with van der Waals surface area (Å²) >= 11 is 0. The lowest BCUT2D eigenvalue weighted by molar-refractivity contribution is 0.0145. The first-order valence-corrected chi connectivity index (χ1v) is 24.4. The van der Waals surface area contributed by atoms with Crippen LogP contribution in [0.2, 0.25) is 0 Å². The van der Waals surface area contributed by atoms with Gasteiger partial charge in [-0.15, -0.1) is 0 Å². The van der Waals surface area contributed by atoms with E-state index in [4.69, 9.17) is 28.4 Å². The number of ether oxygens (including phenoxy) is 6. The number of rotatable bonds is 33. The van der Waals surface area contributed by atoms with Crippen molar-refractivity contribution < 1.29 is 28.4 Å². The number of benzene rings is 4. The zero-order chi connectivity index (χ0) is 43.3. The molecule has 0 amide bonds.